The average molecular weight is 308 g/mol. The van der Waals surface area contributed by atoms with Crippen LogP contribution < -0.4 is 5.32 Å². The molecule has 110 valence electrons. The van der Waals surface area contributed by atoms with Gasteiger partial charge in [-0.15, -0.1) is 11.3 Å². The summed E-state index contributed by atoms with van der Waals surface area (Å²) in [6.45, 7) is 5.18. The smallest absolute Gasteiger partial charge is 0.0931 e. The van der Waals surface area contributed by atoms with Crippen molar-refractivity contribution in [2.45, 2.75) is 13.0 Å². The lowest BCUT2D eigenvalue weighted by Gasteiger charge is -2.06. The SMILES string of the molecule is COCCOCCCOCCNCc1ccc(Cl)s1. The van der Waals surface area contributed by atoms with Gasteiger partial charge in [-0.1, -0.05) is 11.6 Å². The van der Waals surface area contributed by atoms with Gasteiger partial charge in [0.2, 0.25) is 0 Å². The molecule has 0 fully saturated rings. The summed E-state index contributed by atoms with van der Waals surface area (Å²) in [6, 6.07) is 3.96. The van der Waals surface area contributed by atoms with Crippen LogP contribution in [0.15, 0.2) is 12.1 Å². The number of hydrogen-bond acceptors (Lipinski definition) is 5. The highest BCUT2D eigenvalue weighted by atomic mass is 35.5. The number of nitrogens with one attached hydrogen (secondary N) is 1. The van der Waals surface area contributed by atoms with Crippen LogP contribution in [-0.4, -0.2) is 46.7 Å². The molecule has 0 unspecified atom stereocenters. The molecule has 0 bridgehead atoms. The molecular formula is C13H22ClNO3S. The normalized spacial score (nSPS) is 11.1. The quantitative estimate of drug-likeness (QED) is 0.603. The van der Waals surface area contributed by atoms with E-state index in [4.69, 9.17) is 25.8 Å². The first-order valence-electron chi connectivity index (χ1n) is 6.42. The maximum Gasteiger partial charge on any atom is 0.0931 e. The summed E-state index contributed by atoms with van der Waals surface area (Å²) in [5.41, 5.74) is 0. The van der Waals surface area contributed by atoms with Gasteiger partial charge in [-0.25, -0.2) is 0 Å². The molecule has 19 heavy (non-hydrogen) atoms. The molecule has 0 aliphatic carbocycles. The van der Waals surface area contributed by atoms with Crippen LogP contribution in [0, 0.1) is 0 Å². The number of rotatable bonds is 12. The fraction of sp³-hybridized carbons (Fsp3) is 0.692. The third kappa shape index (κ3) is 9.38. The van der Waals surface area contributed by atoms with Crippen LogP contribution in [0.1, 0.15) is 11.3 Å². The average Bonchev–Trinajstić information content (AvgIpc) is 2.82. The Morgan fingerprint density at radius 3 is 2.58 bits per heavy atom. The lowest BCUT2D eigenvalue weighted by molar-refractivity contribution is 0.0518. The van der Waals surface area contributed by atoms with Gasteiger partial charge in [0.15, 0.2) is 0 Å². The summed E-state index contributed by atoms with van der Waals surface area (Å²) >= 11 is 7.45. The van der Waals surface area contributed by atoms with Crippen molar-refractivity contribution >= 4 is 22.9 Å². The van der Waals surface area contributed by atoms with E-state index in [9.17, 15) is 0 Å². The first kappa shape index (κ1) is 16.9. The van der Waals surface area contributed by atoms with Gasteiger partial charge in [0.05, 0.1) is 24.2 Å². The Kier molecular flexibility index (Phi) is 10.3. The molecule has 0 atom stereocenters. The van der Waals surface area contributed by atoms with Gasteiger partial charge in [-0.2, -0.15) is 0 Å². The Morgan fingerprint density at radius 2 is 1.89 bits per heavy atom. The van der Waals surface area contributed by atoms with Crippen LogP contribution in [0.5, 0.6) is 0 Å². The van der Waals surface area contributed by atoms with E-state index in [1.165, 1.54) is 4.88 Å². The minimum atomic E-state index is 0.650. The lowest BCUT2D eigenvalue weighted by atomic mass is 10.4. The summed E-state index contributed by atoms with van der Waals surface area (Å²) < 4.78 is 16.5. The third-order valence-corrected chi connectivity index (χ3v) is 3.59. The lowest BCUT2D eigenvalue weighted by Crippen LogP contribution is -2.19. The van der Waals surface area contributed by atoms with E-state index in [1.807, 2.05) is 12.1 Å². The van der Waals surface area contributed by atoms with E-state index in [0.717, 1.165) is 43.7 Å². The molecule has 1 N–H and O–H groups in total. The number of halogens is 1. The maximum atomic E-state index is 5.85. The molecule has 0 saturated carbocycles. The van der Waals surface area contributed by atoms with Gasteiger partial charge in [-0.05, 0) is 18.6 Å². The molecule has 1 aromatic heterocycles. The van der Waals surface area contributed by atoms with Crippen molar-refractivity contribution in [3.63, 3.8) is 0 Å². The van der Waals surface area contributed by atoms with Crippen molar-refractivity contribution < 1.29 is 14.2 Å². The van der Waals surface area contributed by atoms with Gasteiger partial charge in [0.1, 0.15) is 0 Å². The first-order valence-corrected chi connectivity index (χ1v) is 7.61. The molecule has 0 aliphatic rings. The highest BCUT2D eigenvalue weighted by Crippen LogP contribution is 2.20. The molecule has 4 nitrogen and oxygen atoms in total. The zero-order valence-electron chi connectivity index (χ0n) is 11.3. The Labute approximate surface area is 124 Å². The van der Waals surface area contributed by atoms with Crippen LogP contribution in [0.3, 0.4) is 0 Å². The van der Waals surface area contributed by atoms with Crippen LogP contribution >= 0.6 is 22.9 Å². The molecular weight excluding hydrogens is 286 g/mol. The van der Waals surface area contributed by atoms with E-state index in [1.54, 1.807) is 18.4 Å². The molecule has 0 saturated heterocycles. The van der Waals surface area contributed by atoms with E-state index in [-0.39, 0.29) is 0 Å². The monoisotopic (exact) mass is 307 g/mol. The van der Waals surface area contributed by atoms with Crippen LogP contribution in [0.2, 0.25) is 4.34 Å². The Hall–Kier alpha value is -0.170. The molecule has 0 amide bonds. The van der Waals surface area contributed by atoms with E-state index < -0.39 is 0 Å². The minimum Gasteiger partial charge on any atom is -0.382 e. The van der Waals surface area contributed by atoms with Crippen molar-refractivity contribution in [1.82, 2.24) is 5.32 Å². The van der Waals surface area contributed by atoms with Crippen molar-refractivity contribution in [3.05, 3.63) is 21.3 Å². The van der Waals surface area contributed by atoms with Gasteiger partial charge in [-0.3, -0.25) is 0 Å². The summed E-state index contributed by atoms with van der Waals surface area (Å²) in [5, 5.41) is 3.31. The van der Waals surface area contributed by atoms with E-state index in [2.05, 4.69) is 5.32 Å². The largest absolute Gasteiger partial charge is 0.382 e. The van der Waals surface area contributed by atoms with Crippen LogP contribution in [-0.2, 0) is 20.8 Å². The predicted molar refractivity (Wildman–Crippen MR) is 79.2 cm³/mol. The Morgan fingerprint density at radius 1 is 1.11 bits per heavy atom. The number of ether oxygens (including phenoxy) is 3. The van der Waals surface area contributed by atoms with Crippen molar-refractivity contribution in [3.8, 4) is 0 Å². The molecule has 1 aromatic rings. The molecule has 0 aliphatic heterocycles. The van der Waals surface area contributed by atoms with Crippen molar-refractivity contribution in [1.29, 1.82) is 0 Å². The second-order valence-corrected chi connectivity index (χ2v) is 5.75. The van der Waals surface area contributed by atoms with Gasteiger partial charge >= 0.3 is 0 Å². The zero-order valence-corrected chi connectivity index (χ0v) is 12.9. The number of methoxy groups -OCH3 is 1. The molecule has 0 radical (unpaired) electrons. The molecule has 0 spiro atoms. The summed E-state index contributed by atoms with van der Waals surface area (Å²) in [4.78, 5) is 1.25. The fourth-order valence-corrected chi connectivity index (χ4v) is 2.47. The Bertz CT molecular complexity index is 323. The molecule has 6 heteroatoms. The van der Waals surface area contributed by atoms with Crippen molar-refractivity contribution in [2.75, 3.05) is 46.7 Å². The summed E-state index contributed by atoms with van der Waals surface area (Å²) in [7, 11) is 1.67. The second kappa shape index (κ2) is 11.6. The predicted octanol–water partition coefficient (Wildman–Crippen LogP) is 2.56. The van der Waals surface area contributed by atoms with Gasteiger partial charge in [0.25, 0.3) is 0 Å². The van der Waals surface area contributed by atoms with Gasteiger partial charge < -0.3 is 19.5 Å². The highest BCUT2D eigenvalue weighted by molar-refractivity contribution is 7.16. The summed E-state index contributed by atoms with van der Waals surface area (Å²) in [6.07, 6.45) is 0.921. The summed E-state index contributed by atoms with van der Waals surface area (Å²) in [5.74, 6) is 0. The van der Waals surface area contributed by atoms with E-state index in [0.29, 0.717) is 13.2 Å². The van der Waals surface area contributed by atoms with Crippen LogP contribution in [0.25, 0.3) is 0 Å². The zero-order chi connectivity index (χ0) is 13.8. The topological polar surface area (TPSA) is 39.7 Å². The fourth-order valence-electron chi connectivity index (χ4n) is 1.41. The molecule has 0 aromatic carbocycles. The second-order valence-electron chi connectivity index (χ2n) is 3.95. The van der Waals surface area contributed by atoms with E-state index >= 15 is 0 Å². The standard InChI is InChI=1S/C13H22ClNO3S/c1-16-9-10-18-7-2-6-17-8-5-15-11-12-3-4-13(14)19-12/h3-4,15H,2,5-11H2,1H3. The number of hydrogen-bond donors (Lipinski definition) is 1. The highest BCUT2D eigenvalue weighted by Gasteiger charge is 1.97. The van der Waals surface area contributed by atoms with Gasteiger partial charge in [0, 0.05) is 38.3 Å². The first-order chi connectivity index (χ1) is 9.33. The molecule has 1 rings (SSSR count). The number of thiophene rings is 1. The van der Waals surface area contributed by atoms with Crippen molar-refractivity contribution in [2.24, 2.45) is 0 Å². The Balaban J connectivity index is 1.79. The minimum absolute atomic E-state index is 0.650. The molecule has 1 heterocycles. The third-order valence-electron chi connectivity index (χ3n) is 2.36. The maximum absolute atomic E-state index is 5.85. The van der Waals surface area contributed by atoms with Crippen LogP contribution in [0.4, 0.5) is 0 Å².